The summed E-state index contributed by atoms with van der Waals surface area (Å²) in [5.74, 6) is 0.447. The molecule has 1 N–H and O–H groups in total. The predicted molar refractivity (Wildman–Crippen MR) is 95.6 cm³/mol. The van der Waals surface area contributed by atoms with Gasteiger partial charge in [0.25, 0.3) is 5.56 Å². The average Bonchev–Trinajstić information content (AvgIpc) is 2.91. The van der Waals surface area contributed by atoms with E-state index in [-0.39, 0.29) is 36.0 Å². The number of fused-ring (bicyclic) bond motifs is 1. The van der Waals surface area contributed by atoms with Gasteiger partial charge in [-0.2, -0.15) is 5.10 Å². The highest BCUT2D eigenvalue weighted by atomic mass is 16.5. The second-order valence-corrected chi connectivity index (χ2v) is 7.25. The normalized spacial score (nSPS) is 13.2. The van der Waals surface area contributed by atoms with E-state index in [9.17, 15) is 9.59 Å². The minimum atomic E-state index is -0.267. The maximum atomic E-state index is 12.7. The lowest BCUT2D eigenvalue weighted by Crippen LogP contribution is -2.36. The van der Waals surface area contributed by atoms with E-state index in [1.165, 1.54) is 4.57 Å². The maximum absolute atomic E-state index is 12.7. The molecule has 8 nitrogen and oxygen atoms in total. The number of rotatable bonds is 6. The van der Waals surface area contributed by atoms with Gasteiger partial charge in [-0.25, -0.2) is 9.67 Å². The number of nitrogens with zero attached hydrogens (tertiary/aromatic N) is 4. The van der Waals surface area contributed by atoms with E-state index in [0.717, 1.165) is 0 Å². The number of amides is 1. The second kappa shape index (κ2) is 7.35. The van der Waals surface area contributed by atoms with Crippen LogP contribution in [0.5, 0.6) is 0 Å². The molecule has 2 aromatic heterocycles. The Morgan fingerprint density at radius 3 is 2.68 bits per heavy atom. The highest BCUT2D eigenvalue weighted by molar-refractivity contribution is 5.76. The zero-order valence-electron chi connectivity index (χ0n) is 15.8. The molecule has 0 aliphatic carbocycles. The molecular formula is C17H27N5O3. The molecule has 1 atom stereocenters. The molecule has 0 radical (unpaired) electrons. The van der Waals surface area contributed by atoms with Crippen molar-refractivity contribution in [2.24, 2.45) is 0 Å². The minimum absolute atomic E-state index is 0.0686. The predicted octanol–water partition coefficient (Wildman–Crippen LogP) is 1.20. The van der Waals surface area contributed by atoms with Crippen molar-refractivity contribution < 1.29 is 9.53 Å². The van der Waals surface area contributed by atoms with E-state index in [1.54, 1.807) is 24.9 Å². The Morgan fingerprint density at radius 1 is 1.40 bits per heavy atom. The molecule has 0 spiro atoms. The number of carbonyl (C=O) groups excluding carboxylic acids is 1. The quantitative estimate of drug-likeness (QED) is 0.846. The van der Waals surface area contributed by atoms with Crippen LogP contribution >= 0.6 is 0 Å². The lowest BCUT2D eigenvalue weighted by Gasteiger charge is -2.20. The van der Waals surface area contributed by atoms with Crippen LogP contribution < -0.4 is 10.9 Å². The van der Waals surface area contributed by atoms with Crippen molar-refractivity contribution in [1.29, 1.82) is 0 Å². The van der Waals surface area contributed by atoms with Gasteiger partial charge in [0.1, 0.15) is 11.2 Å². The molecule has 0 saturated carbocycles. The first-order valence-electron chi connectivity index (χ1n) is 8.39. The smallest absolute Gasteiger partial charge is 0.264 e. The van der Waals surface area contributed by atoms with Gasteiger partial charge >= 0.3 is 0 Å². The largest absolute Gasteiger partial charge is 0.383 e. The SMILES string of the molecule is COCC(C)NC(=O)CCn1c(C)nc2c(cnn2C(C)(C)C)c1=O. The summed E-state index contributed by atoms with van der Waals surface area (Å²) in [6.07, 6.45) is 1.75. The van der Waals surface area contributed by atoms with Gasteiger partial charge in [-0.15, -0.1) is 0 Å². The number of hydrogen-bond donors (Lipinski definition) is 1. The highest BCUT2D eigenvalue weighted by Crippen LogP contribution is 2.18. The molecule has 1 amide bonds. The zero-order valence-corrected chi connectivity index (χ0v) is 15.8. The van der Waals surface area contributed by atoms with Crippen LogP contribution in [0.2, 0.25) is 0 Å². The van der Waals surface area contributed by atoms with Crippen LogP contribution in [0.15, 0.2) is 11.0 Å². The van der Waals surface area contributed by atoms with E-state index >= 15 is 0 Å². The van der Waals surface area contributed by atoms with E-state index in [2.05, 4.69) is 15.4 Å². The molecule has 2 heterocycles. The van der Waals surface area contributed by atoms with Crippen LogP contribution in [0.1, 0.15) is 39.9 Å². The Bertz CT molecular complexity index is 816. The molecule has 2 aromatic rings. The molecule has 0 aliphatic rings. The van der Waals surface area contributed by atoms with Crippen LogP contribution in [0.4, 0.5) is 0 Å². The number of aryl methyl sites for hydroxylation is 1. The highest BCUT2D eigenvalue weighted by Gasteiger charge is 2.21. The number of nitrogens with one attached hydrogen (secondary N) is 1. The van der Waals surface area contributed by atoms with Crippen LogP contribution in [0.3, 0.4) is 0 Å². The van der Waals surface area contributed by atoms with Crippen molar-refractivity contribution in [3.8, 4) is 0 Å². The topological polar surface area (TPSA) is 91.0 Å². The van der Waals surface area contributed by atoms with Crippen LogP contribution in [0, 0.1) is 6.92 Å². The first-order valence-corrected chi connectivity index (χ1v) is 8.39. The number of hydrogen-bond acceptors (Lipinski definition) is 5. The van der Waals surface area contributed by atoms with Crippen molar-refractivity contribution in [3.63, 3.8) is 0 Å². The standard InChI is InChI=1S/C17H27N5O3/c1-11(10-25-6)19-14(23)7-8-21-12(2)20-15-13(16(21)24)9-18-22(15)17(3,4)5/h9,11H,7-8,10H2,1-6H3,(H,19,23). The summed E-state index contributed by atoms with van der Waals surface area (Å²) in [6, 6.07) is -0.0686. The summed E-state index contributed by atoms with van der Waals surface area (Å²) in [7, 11) is 1.59. The van der Waals surface area contributed by atoms with Crippen molar-refractivity contribution in [3.05, 3.63) is 22.4 Å². The molecule has 8 heteroatoms. The summed E-state index contributed by atoms with van der Waals surface area (Å²) < 4.78 is 8.27. The Hall–Kier alpha value is -2.22. The molecule has 0 bridgehead atoms. The van der Waals surface area contributed by atoms with Crippen LogP contribution in [-0.4, -0.2) is 45.0 Å². The van der Waals surface area contributed by atoms with Gasteiger partial charge in [-0.05, 0) is 34.6 Å². The molecule has 138 valence electrons. The Labute approximate surface area is 147 Å². The molecule has 2 rings (SSSR count). The fourth-order valence-electron chi connectivity index (χ4n) is 2.71. The summed E-state index contributed by atoms with van der Waals surface area (Å²) in [5.41, 5.74) is 0.136. The monoisotopic (exact) mass is 349 g/mol. The lowest BCUT2D eigenvalue weighted by molar-refractivity contribution is -0.122. The van der Waals surface area contributed by atoms with Crippen molar-refractivity contribution >= 4 is 16.9 Å². The molecular weight excluding hydrogens is 322 g/mol. The first kappa shape index (κ1) is 19.1. The van der Waals surface area contributed by atoms with Crippen molar-refractivity contribution in [2.75, 3.05) is 13.7 Å². The Balaban J connectivity index is 2.23. The minimum Gasteiger partial charge on any atom is -0.383 e. The van der Waals surface area contributed by atoms with Crippen LogP contribution in [0.25, 0.3) is 11.0 Å². The molecule has 0 aromatic carbocycles. The van der Waals surface area contributed by atoms with Crippen molar-refractivity contribution in [2.45, 2.75) is 59.2 Å². The van der Waals surface area contributed by atoms with Crippen LogP contribution in [-0.2, 0) is 21.6 Å². The van der Waals surface area contributed by atoms with Gasteiger partial charge in [0.2, 0.25) is 5.91 Å². The van der Waals surface area contributed by atoms with E-state index in [0.29, 0.717) is 23.5 Å². The number of ether oxygens (including phenoxy) is 1. The van der Waals surface area contributed by atoms with Gasteiger partial charge in [0.15, 0.2) is 5.65 Å². The number of carbonyl (C=O) groups is 1. The molecule has 25 heavy (non-hydrogen) atoms. The molecule has 1 unspecified atom stereocenters. The first-order chi connectivity index (χ1) is 11.6. The lowest BCUT2D eigenvalue weighted by atomic mass is 10.1. The average molecular weight is 349 g/mol. The second-order valence-electron chi connectivity index (χ2n) is 7.25. The van der Waals surface area contributed by atoms with Gasteiger partial charge < -0.3 is 10.1 Å². The number of methoxy groups -OCH3 is 1. The summed E-state index contributed by atoms with van der Waals surface area (Å²) in [4.78, 5) is 29.3. The summed E-state index contributed by atoms with van der Waals surface area (Å²) in [5, 5.41) is 7.61. The molecule has 0 saturated heterocycles. The van der Waals surface area contributed by atoms with Gasteiger partial charge in [0.05, 0.1) is 18.3 Å². The fraction of sp³-hybridized carbons (Fsp3) is 0.647. The summed E-state index contributed by atoms with van der Waals surface area (Å²) >= 11 is 0. The third-order valence-corrected chi connectivity index (χ3v) is 3.90. The van der Waals surface area contributed by atoms with Crippen molar-refractivity contribution in [1.82, 2.24) is 24.6 Å². The Kier molecular flexibility index (Phi) is 5.62. The third-order valence-electron chi connectivity index (χ3n) is 3.90. The Morgan fingerprint density at radius 2 is 2.08 bits per heavy atom. The molecule has 0 fully saturated rings. The molecule has 0 aliphatic heterocycles. The maximum Gasteiger partial charge on any atom is 0.264 e. The van der Waals surface area contributed by atoms with Gasteiger partial charge in [-0.3, -0.25) is 14.2 Å². The number of aromatic nitrogens is 4. The zero-order chi connectivity index (χ0) is 18.8. The summed E-state index contributed by atoms with van der Waals surface area (Å²) in [6.45, 7) is 10.4. The van der Waals surface area contributed by atoms with E-state index in [4.69, 9.17) is 4.74 Å². The van der Waals surface area contributed by atoms with E-state index < -0.39 is 0 Å². The fourth-order valence-corrected chi connectivity index (χ4v) is 2.71. The van der Waals surface area contributed by atoms with E-state index in [1.807, 2.05) is 27.7 Å². The van der Waals surface area contributed by atoms with Gasteiger partial charge in [-0.1, -0.05) is 0 Å². The van der Waals surface area contributed by atoms with Gasteiger partial charge in [0, 0.05) is 26.1 Å². The third kappa shape index (κ3) is 4.25.